The summed E-state index contributed by atoms with van der Waals surface area (Å²) in [5, 5.41) is 9.28. The predicted molar refractivity (Wildman–Crippen MR) is 114 cm³/mol. The number of aromatic amines is 1. The number of benzene rings is 1. The standard InChI is InChI=1S/C21H19N5O4S/c1-12-3-8-18(30-12)21-22-14(11-31-21)9-19(27)25-26-20(28)17-10-16(23-24-17)13-4-6-15(29-2)7-5-13/h3-8,10-11H,9H2,1-2H3,(H,23,24)(H,25,27)(H,26,28). The van der Waals surface area contributed by atoms with Gasteiger partial charge in [0, 0.05) is 10.9 Å². The number of nitrogens with zero attached hydrogens (tertiary/aromatic N) is 2. The topological polar surface area (TPSA) is 122 Å². The average molecular weight is 437 g/mol. The number of thiazole rings is 1. The number of amides is 2. The molecule has 3 heterocycles. The summed E-state index contributed by atoms with van der Waals surface area (Å²) in [7, 11) is 1.59. The van der Waals surface area contributed by atoms with Crippen LogP contribution in [0.5, 0.6) is 5.75 Å². The van der Waals surface area contributed by atoms with Gasteiger partial charge in [0.25, 0.3) is 5.91 Å². The van der Waals surface area contributed by atoms with Crippen molar-refractivity contribution in [3.05, 3.63) is 65.0 Å². The molecular weight excluding hydrogens is 418 g/mol. The first-order chi connectivity index (χ1) is 15.0. The third kappa shape index (κ3) is 4.81. The molecule has 0 spiro atoms. The molecule has 0 bridgehead atoms. The van der Waals surface area contributed by atoms with Crippen LogP contribution in [0.2, 0.25) is 0 Å². The van der Waals surface area contributed by atoms with Gasteiger partial charge < -0.3 is 9.15 Å². The van der Waals surface area contributed by atoms with Crippen LogP contribution in [0.1, 0.15) is 21.9 Å². The van der Waals surface area contributed by atoms with Gasteiger partial charge in [-0.2, -0.15) is 5.10 Å². The Bertz CT molecular complexity index is 1210. The third-order valence-electron chi connectivity index (χ3n) is 4.37. The van der Waals surface area contributed by atoms with Crippen molar-refractivity contribution in [2.75, 3.05) is 7.11 Å². The van der Waals surface area contributed by atoms with Crippen LogP contribution in [0.15, 0.2) is 52.3 Å². The zero-order valence-electron chi connectivity index (χ0n) is 16.8. The molecule has 3 aromatic heterocycles. The fraction of sp³-hybridized carbons (Fsp3) is 0.143. The SMILES string of the molecule is COc1ccc(-c2cc(C(=O)NNC(=O)Cc3csc(-c4ccc(C)o4)n3)[nH]n2)cc1. The van der Waals surface area contributed by atoms with Gasteiger partial charge in [0.1, 0.15) is 17.2 Å². The number of hydrazine groups is 1. The van der Waals surface area contributed by atoms with E-state index in [1.165, 1.54) is 11.3 Å². The van der Waals surface area contributed by atoms with Crippen LogP contribution in [0, 0.1) is 6.92 Å². The van der Waals surface area contributed by atoms with Gasteiger partial charge in [0.15, 0.2) is 10.8 Å². The number of rotatable bonds is 6. The lowest BCUT2D eigenvalue weighted by atomic mass is 10.1. The van der Waals surface area contributed by atoms with Crippen LogP contribution in [0.3, 0.4) is 0 Å². The minimum Gasteiger partial charge on any atom is -0.497 e. The van der Waals surface area contributed by atoms with E-state index in [-0.39, 0.29) is 12.1 Å². The van der Waals surface area contributed by atoms with E-state index in [4.69, 9.17) is 9.15 Å². The summed E-state index contributed by atoms with van der Waals surface area (Å²) in [6.07, 6.45) is 0.0244. The Morgan fingerprint density at radius 3 is 2.68 bits per heavy atom. The number of methoxy groups -OCH3 is 1. The summed E-state index contributed by atoms with van der Waals surface area (Å²) in [6, 6.07) is 12.6. The van der Waals surface area contributed by atoms with E-state index in [2.05, 4.69) is 26.0 Å². The molecule has 0 saturated heterocycles. The Balaban J connectivity index is 1.31. The van der Waals surface area contributed by atoms with E-state index in [0.717, 1.165) is 17.1 Å². The molecule has 0 saturated carbocycles. The molecule has 0 radical (unpaired) electrons. The molecule has 0 aliphatic carbocycles. The second kappa shape index (κ2) is 8.84. The number of aryl methyl sites for hydroxylation is 1. The lowest BCUT2D eigenvalue weighted by Crippen LogP contribution is -2.42. The summed E-state index contributed by atoms with van der Waals surface area (Å²) < 4.78 is 10.7. The van der Waals surface area contributed by atoms with Crippen LogP contribution in [-0.4, -0.2) is 34.1 Å². The molecule has 4 rings (SSSR count). The van der Waals surface area contributed by atoms with Gasteiger partial charge in [0.2, 0.25) is 5.91 Å². The molecule has 10 heteroatoms. The Kier molecular flexibility index (Phi) is 5.80. The molecule has 4 aromatic rings. The fourth-order valence-electron chi connectivity index (χ4n) is 2.80. The maximum absolute atomic E-state index is 12.3. The van der Waals surface area contributed by atoms with Gasteiger partial charge in [-0.05, 0) is 49.4 Å². The molecule has 0 fully saturated rings. The van der Waals surface area contributed by atoms with E-state index >= 15 is 0 Å². The molecule has 31 heavy (non-hydrogen) atoms. The molecule has 158 valence electrons. The molecule has 0 unspecified atom stereocenters. The minimum atomic E-state index is -0.509. The number of hydrogen-bond acceptors (Lipinski definition) is 7. The summed E-state index contributed by atoms with van der Waals surface area (Å²) in [5.74, 6) is 1.28. The van der Waals surface area contributed by atoms with Crippen LogP contribution in [-0.2, 0) is 11.2 Å². The Hall–Kier alpha value is -3.92. The number of furan rings is 1. The molecule has 3 N–H and O–H groups in total. The van der Waals surface area contributed by atoms with Crippen LogP contribution in [0.4, 0.5) is 0 Å². The summed E-state index contributed by atoms with van der Waals surface area (Å²) in [4.78, 5) is 28.9. The number of carbonyl (C=O) groups is 2. The summed E-state index contributed by atoms with van der Waals surface area (Å²) in [6.45, 7) is 1.85. The zero-order valence-corrected chi connectivity index (χ0v) is 17.6. The van der Waals surface area contributed by atoms with E-state index in [1.54, 1.807) is 30.7 Å². The zero-order chi connectivity index (χ0) is 21.8. The van der Waals surface area contributed by atoms with Gasteiger partial charge in [0.05, 0.1) is 24.9 Å². The molecule has 0 aliphatic heterocycles. The quantitative estimate of drug-likeness (QED) is 0.399. The first-order valence-corrected chi connectivity index (χ1v) is 10.2. The van der Waals surface area contributed by atoms with Gasteiger partial charge in [-0.15, -0.1) is 11.3 Å². The van der Waals surface area contributed by atoms with E-state index in [0.29, 0.717) is 22.2 Å². The number of H-pyrrole nitrogens is 1. The highest BCUT2D eigenvalue weighted by atomic mass is 32.1. The van der Waals surface area contributed by atoms with Crippen molar-refractivity contribution in [2.45, 2.75) is 13.3 Å². The van der Waals surface area contributed by atoms with Crippen molar-refractivity contribution in [3.8, 4) is 27.8 Å². The van der Waals surface area contributed by atoms with Crippen molar-refractivity contribution < 1.29 is 18.7 Å². The van der Waals surface area contributed by atoms with Crippen LogP contribution in [0.25, 0.3) is 22.0 Å². The van der Waals surface area contributed by atoms with Crippen molar-refractivity contribution in [1.29, 1.82) is 0 Å². The molecule has 1 aromatic carbocycles. The highest BCUT2D eigenvalue weighted by Crippen LogP contribution is 2.25. The summed E-state index contributed by atoms with van der Waals surface area (Å²) in [5.41, 5.74) is 6.99. The number of carbonyl (C=O) groups excluding carboxylic acids is 2. The Labute approximate surface area is 181 Å². The van der Waals surface area contributed by atoms with Crippen LogP contribution >= 0.6 is 11.3 Å². The maximum atomic E-state index is 12.3. The number of aromatic nitrogens is 3. The van der Waals surface area contributed by atoms with Crippen molar-refractivity contribution in [3.63, 3.8) is 0 Å². The molecule has 2 amide bonds. The smallest absolute Gasteiger partial charge is 0.287 e. The maximum Gasteiger partial charge on any atom is 0.287 e. The number of hydrogen-bond donors (Lipinski definition) is 3. The van der Waals surface area contributed by atoms with Crippen molar-refractivity contribution in [1.82, 2.24) is 26.0 Å². The van der Waals surface area contributed by atoms with Gasteiger partial charge in [-0.3, -0.25) is 25.5 Å². The number of ether oxygens (including phenoxy) is 1. The Morgan fingerprint density at radius 2 is 1.97 bits per heavy atom. The van der Waals surface area contributed by atoms with Gasteiger partial charge in [-0.25, -0.2) is 4.98 Å². The van der Waals surface area contributed by atoms with Crippen molar-refractivity contribution in [2.24, 2.45) is 0 Å². The normalized spacial score (nSPS) is 10.6. The largest absolute Gasteiger partial charge is 0.497 e. The van der Waals surface area contributed by atoms with E-state index in [1.807, 2.05) is 31.2 Å². The minimum absolute atomic E-state index is 0.0244. The molecule has 0 aliphatic rings. The first-order valence-electron chi connectivity index (χ1n) is 9.32. The predicted octanol–water partition coefficient (Wildman–Crippen LogP) is 3.11. The lowest BCUT2D eigenvalue weighted by molar-refractivity contribution is -0.121. The Morgan fingerprint density at radius 1 is 1.16 bits per heavy atom. The third-order valence-corrected chi connectivity index (χ3v) is 5.27. The second-order valence-electron chi connectivity index (χ2n) is 6.63. The molecular formula is C21H19N5O4S. The van der Waals surface area contributed by atoms with Gasteiger partial charge in [-0.1, -0.05) is 0 Å². The van der Waals surface area contributed by atoms with E-state index in [9.17, 15) is 9.59 Å². The number of nitrogens with one attached hydrogen (secondary N) is 3. The molecule has 9 nitrogen and oxygen atoms in total. The first kappa shape index (κ1) is 20.4. The fourth-order valence-corrected chi connectivity index (χ4v) is 3.58. The highest BCUT2D eigenvalue weighted by molar-refractivity contribution is 7.13. The monoisotopic (exact) mass is 437 g/mol. The second-order valence-corrected chi connectivity index (χ2v) is 7.49. The molecule has 0 atom stereocenters. The van der Waals surface area contributed by atoms with Crippen molar-refractivity contribution >= 4 is 23.2 Å². The highest BCUT2D eigenvalue weighted by Gasteiger charge is 2.14. The average Bonchev–Trinajstić information content (AvgIpc) is 3.53. The van der Waals surface area contributed by atoms with Crippen LogP contribution < -0.4 is 15.6 Å². The van der Waals surface area contributed by atoms with E-state index < -0.39 is 11.8 Å². The summed E-state index contributed by atoms with van der Waals surface area (Å²) >= 11 is 1.39. The van der Waals surface area contributed by atoms with Gasteiger partial charge >= 0.3 is 0 Å². The lowest BCUT2D eigenvalue weighted by Gasteiger charge is -2.04.